The molecule has 1 fully saturated rings. The summed E-state index contributed by atoms with van der Waals surface area (Å²) in [7, 11) is 0. The zero-order valence-corrected chi connectivity index (χ0v) is 10.2. The van der Waals surface area contributed by atoms with Gasteiger partial charge in [-0.05, 0) is 0 Å². The monoisotopic (exact) mass is 297 g/mol. The van der Waals surface area contributed by atoms with Crippen LogP contribution in [0, 0.1) is 0 Å². The van der Waals surface area contributed by atoms with E-state index < -0.39 is 55.4 Å². The van der Waals surface area contributed by atoms with Crippen molar-refractivity contribution in [1.29, 1.82) is 0 Å². The molecule has 0 saturated carbocycles. The van der Waals surface area contributed by atoms with Crippen molar-refractivity contribution in [3.63, 3.8) is 0 Å². The summed E-state index contributed by atoms with van der Waals surface area (Å²) in [6.07, 6.45) is -6.75. The van der Waals surface area contributed by atoms with Gasteiger partial charge in [0.25, 0.3) is 0 Å². The van der Waals surface area contributed by atoms with Gasteiger partial charge in [-0.1, -0.05) is 0 Å². The Morgan fingerprint density at radius 2 is 2.25 bits per heavy atom. The number of ether oxygens (including phenoxy) is 1. The lowest BCUT2D eigenvalue weighted by Gasteiger charge is -2.32. The summed E-state index contributed by atoms with van der Waals surface area (Å²) < 4.78 is 45.2. The maximum atomic E-state index is 14.0. The minimum absolute atomic E-state index is 0.486. The first-order valence-electron chi connectivity index (χ1n) is 5.74. The third-order valence-corrected chi connectivity index (χ3v) is 3.31. The Hall–Kier alpha value is -1.36. The lowest BCUT2D eigenvalue weighted by atomic mass is 9.98. The minimum Gasteiger partial charge on any atom is -0.393 e. The highest BCUT2D eigenvalue weighted by Crippen LogP contribution is 2.36. The maximum absolute atomic E-state index is 14.0. The zero-order chi connectivity index (χ0) is 15.1. The largest absolute Gasteiger partial charge is 0.393 e. The van der Waals surface area contributed by atoms with Gasteiger partial charge in [-0.25, -0.2) is 18.0 Å². The van der Waals surface area contributed by atoms with Gasteiger partial charge < -0.3 is 26.0 Å². The Labute approximate surface area is 111 Å². The maximum Gasteiger partial charge on any atom is 0.325 e. The number of rotatable bonds is 3. The van der Waals surface area contributed by atoms with Crippen molar-refractivity contribution >= 4 is 6.03 Å². The van der Waals surface area contributed by atoms with E-state index in [4.69, 9.17) is 15.6 Å². The average Bonchev–Trinajstić information content (AvgIpc) is 2.68. The SMILES string of the molecule is NC1NC(=O)N([C@@H]2O[C@@](CO)(CF)[C@@H](O)[C@H]2F)C=C1F. The molecule has 5 N–H and O–H groups in total. The quantitative estimate of drug-likeness (QED) is 0.527. The van der Waals surface area contributed by atoms with E-state index in [1.54, 1.807) is 0 Å². The molecule has 1 unspecified atom stereocenters. The number of amides is 2. The van der Waals surface area contributed by atoms with Gasteiger partial charge in [0.2, 0.25) is 0 Å². The fourth-order valence-electron chi connectivity index (χ4n) is 2.05. The van der Waals surface area contributed by atoms with Crippen LogP contribution in [0.15, 0.2) is 12.0 Å². The van der Waals surface area contributed by atoms with E-state index in [-0.39, 0.29) is 0 Å². The standard InChI is InChI=1S/C10H14F3N3O4/c11-2-10(3-17)6(18)5(13)8(20-10)16-1-4(12)7(14)15-9(16)19/h1,5-8,17-18H,2-3,14H2,(H,15,19)/t5-,6+,7?,8-,10-/m1/s1. The third kappa shape index (κ3) is 2.14. The number of hydrogen-bond acceptors (Lipinski definition) is 5. The number of carbonyl (C=O) groups is 1. The first-order chi connectivity index (χ1) is 9.36. The Morgan fingerprint density at radius 1 is 1.60 bits per heavy atom. The van der Waals surface area contributed by atoms with Crippen molar-refractivity contribution < 1.29 is 32.9 Å². The number of halogens is 3. The van der Waals surface area contributed by atoms with Gasteiger partial charge in [0.05, 0.1) is 6.61 Å². The average molecular weight is 297 g/mol. The zero-order valence-electron chi connectivity index (χ0n) is 10.2. The Kier molecular flexibility index (Phi) is 3.91. The van der Waals surface area contributed by atoms with Crippen LogP contribution in [0.4, 0.5) is 18.0 Å². The van der Waals surface area contributed by atoms with Gasteiger partial charge in [-0.15, -0.1) is 0 Å². The molecule has 114 valence electrons. The molecule has 0 bridgehead atoms. The number of urea groups is 1. The Bertz CT molecular complexity index is 432. The molecule has 20 heavy (non-hydrogen) atoms. The first kappa shape index (κ1) is 15.0. The lowest BCUT2D eigenvalue weighted by Crippen LogP contribution is -2.56. The molecule has 2 aliphatic heterocycles. The molecule has 10 heteroatoms. The molecule has 0 aromatic heterocycles. The second kappa shape index (κ2) is 5.20. The van der Waals surface area contributed by atoms with Crippen molar-refractivity contribution in [2.24, 2.45) is 5.73 Å². The van der Waals surface area contributed by atoms with Gasteiger partial charge in [-0.2, -0.15) is 0 Å². The molecule has 0 aromatic rings. The summed E-state index contributed by atoms with van der Waals surface area (Å²) in [4.78, 5) is 12.1. The highest BCUT2D eigenvalue weighted by Gasteiger charge is 2.58. The van der Waals surface area contributed by atoms with Gasteiger partial charge in [0, 0.05) is 6.20 Å². The van der Waals surface area contributed by atoms with Gasteiger partial charge in [0.15, 0.2) is 23.8 Å². The predicted molar refractivity (Wildman–Crippen MR) is 59.1 cm³/mol. The predicted octanol–water partition coefficient (Wildman–Crippen LogP) is -1.14. The number of hydrogen-bond donors (Lipinski definition) is 4. The number of aliphatic hydroxyl groups is 2. The molecule has 2 rings (SSSR count). The summed E-state index contributed by atoms with van der Waals surface area (Å²) in [6.45, 7) is -2.37. The molecule has 2 heterocycles. The second-order valence-electron chi connectivity index (χ2n) is 4.60. The summed E-state index contributed by atoms with van der Waals surface area (Å²) in [5.41, 5.74) is 3.03. The number of carbonyl (C=O) groups excluding carboxylic acids is 1. The van der Waals surface area contributed by atoms with E-state index in [1.807, 2.05) is 5.32 Å². The number of nitrogens with zero attached hydrogens (tertiary/aromatic N) is 1. The van der Waals surface area contributed by atoms with E-state index >= 15 is 0 Å². The molecule has 0 radical (unpaired) electrons. The normalized spacial score (nSPS) is 41.6. The highest BCUT2D eigenvalue weighted by atomic mass is 19.1. The highest BCUT2D eigenvalue weighted by molar-refractivity contribution is 5.77. The second-order valence-corrected chi connectivity index (χ2v) is 4.60. The lowest BCUT2D eigenvalue weighted by molar-refractivity contribution is -0.141. The van der Waals surface area contributed by atoms with Crippen LogP contribution in [0.25, 0.3) is 0 Å². The summed E-state index contributed by atoms with van der Waals surface area (Å²) >= 11 is 0. The van der Waals surface area contributed by atoms with Crippen molar-refractivity contribution in [2.45, 2.75) is 30.3 Å². The summed E-state index contributed by atoms with van der Waals surface area (Å²) in [5.74, 6) is -0.961. The van der Waals surface area contributed by atoms with Gasteiger partial charge >= 0.3 is 6.03 Å². The minimum atomic E-state index is -2.22. The van der Waals surface area contributed by atoms with E-state index in [0.717, 1.165) is 0 Å². The van der Waals surface area contributed by atoms with E-state index in [2.05, 4.69) is 0 Å². The molecule has 7 nitrogen and oxygen atoms in total. The van der Waals surface area contributed by atoms with Crippen molar-refractivity contribution in [3.8, 4) is 0 Å². The number of aliphatic hydroxyl groups excluding tert-OH is 2. The van der Waals surface area contributed by atoms with Crippen LogP contribution in [-0.4, -0.2) is 64.7 Å². The molecule has 5 atom stereocenters. The molecule has 2 aliphatic rings. The van der Waals surface area contributed by atoms with Crippen LogP contribution < -0.4 is 11.1 Å². The fraction of sp³-hybridized carbons (Fsp3) is 0.700. The Balaban J connectivity index is 2.28. The molecule has 0 spiro atoms. The van der Waals surface area contributed by atoms with E-state index in [9.17, 15) is 23.1 Å². The summed E-state index contributed by atoms with van der Waals surface area (Å²) in [6, 6.07) is -0.966. The molecular weight excluding hydrogens is 283 g/mol. The smallest absolute Gasteiger partial charge is 0.325 e. The van der Waals surface area contributed by atoms with Gasteiger partial charge in [0.1, 0.15) is 18.9 Å². The summed E-state index contributed by atoms with van der Waals surface area (Å²) in [5, 5.41) is 20.7. The number of nitrogens with one attached hydrogen (secondary N) is 1. The topological polar surface area (TPSA) is 108 Å². The molecule has 0 aliphatic carbocycles. The van der Waals surface area contributed by atoms with E-state index in [1.165, 1.54) is 0 Å². The molecule has 1 saturated heterocycles. The van der Waals surface area contributed by atoms with Crippen molar-refractivity contribution in [1.82, 2.24) is 10.2 Å². The van der Waals surface area contributed by atoms with Crippen LogP contribution in [0.2, 0.25) is 0 Å². The third-order valence-electron chi connectivity index (χ3n) is 3.31. The van der Waals surface area contributed by atoms with Crippen molar-refractivity contribution in [2.75, 3.05) is 13.3 Å². The van der Waals surface area contributed by atoms with Crippen LogP contribution >= 0.6 is 0 Å². The first-order valence-corrected chi connectivity index (χ1v) is 5.74. The van der Waals surface area contributed by atoms with Crippen LogP contribution in [0.3, 0.4) is 0 Å². The number of alkyl halides is 2. The fourth-order valence-corrected chi connectivity index (χ4v) is 2.05. The molecule has 2 amide bonds. The van der Waals surface area contributed by atoms with Crippen LogP contribution in [-0.2, 0) is 4.74 Å². The van der Waals surface area contributed by atoms with Crippen LogP contribution in [0.5, 0.6) is 0 Å². The van der Waals surface area contributed by atoms with Crippen LogP contribution in [0.1, 0.15) is 0 Å². The number of nitrogens with two attached hydrogens (primary N) is 1. The molecule has 0 aromatic carbocycles. The Morgan fingerprint density at radius 3 is 2.75 bits per heavy atom. The van der Waals surface area contributed by atoms with E-state index in [0.29, 0.717) is 11.1 Å². The van der Waals surface area contributed by atoms with Gasteiger partial charge in [-0.3, -0.25) is 4.90 Å². The molecular formula is C10H14F3N3O4. The van der Waals surface area contributed by atoms with Crippen molar-refractivity contribution in [3.05, 3.63) is 12.0 Å².